The molecule has 1 aromatic carbocycles. The summed E-state index contributed by atoms with van der Waals surface area (Å²) in [4.78, 5) is 32.6. The monoisotopic (exact) mass is 646 g/mol. The summed E-state index contributed by atoms with van der Waals surface area (Å²) >= 11 is 0. The zero-order chi connectivity index (χ0) is 27.2. The van der Waals surface area contributed by atoms with Crippen molar-refractivity contribution in [3.63, 3.8) is 0 Å². The number of aromatic nitrogens is 2. The van der Waals surface area contributed by atoms with Gasteiger partial charge < -0.3 is 20.4 Å². The van der Waals surface area contributed by atoms with Gasteiger partial charge in [0, 0.05) is 38.8 Å². The first-order valence-electron chi connectivity index (χ1n) is 15.6. The Bertz CT molecular complexity index is 1140. The molecule has 0 spiro atoms. The van der Waals surface area contributed by atoms with Crippen molar-refractivity contribution in [2.24, 2.45) is 11.8 Å². The molecule has 2 N–H and O–H groups in total. The number of carbonyl (C=O) groups is 1. The van der Waals surface area contributed by atoms with Crippen LogP contribution in [0.2, 0.25) is 0 Å². The van der Waals surface area contributed by atoms with Crippen molar-refractivity contribution in [2.45, 2.75) is 82.8 Å². The van der Waals surface area contributed by atoms with Crippen LogP contribution in [0.5, 0.6) is 0 Å². The van der Waals surface area contributed by atoms with E-state index in [1.165, 1.54) is 44.9 Å². The van der Waals surface area contributed by atoms with Crippen molar-refractivity contribution in [1.29, 1.82) is 0 Å². The summed E-state index contributed by atoms with van der Waals surface area (Å²) in [6, 6.07) is 8.24. The van der Waals surface area contributed by atoms with Gasteiger partial charge in [-0.1, -0.05) is 44.2 Å². The average molecular weight is 648 g/mol. The average Bonchev–Trinajstić information content (AvgIpc) is 3.20. The molecular formula is C31H53Cl3N6O2. The quantitative estimate of drug-likeness (QED) is 0.434. The first kappa shape index (κ1) is 36.9. The number of imidazole rings is 1. The lowest BCUT2D eigenvalue weighted by atomic mass is 9.87. The summed E-state index contributed by atoms with van der Waals surface area (Å²) in [7, 11) is 4.08. The maximum Gasteiger partial charge on any atom is 0.329 e. The van der Waals surface area contributed by atoms with E-state index in [0.717, 1.165) is 75.5 Å². The van der Waals surface area contributed by atoms with Crippen LogP contribution in [0.3, 0.4) is 0 Å². The van der Waals surface area contributed by atoms with Crippen molar-refractivity contribution in [3.8, 4) is 0 Å². The van der Waals surface area contributed by atoms with Crippen LogP contribution < -0.4 is 16.3 Å². The smallest absolute Gasteiger partial charge is 0.329 e. The molecule has 5 rings (SSSR count). The highest BCUT2D eigenvalue weighted by Crippen LogP contribution is 2.33. The molecule has 240 valence electrons. The summed E-state index contributed by atoms with van der Waals surface area (Å²) < 4.78 is 3.89. The molecule has 8 nitrogen and oxygen atoms in total. The number of halogens is 3. The largest absolute Gasteiger partial charge is 0.353 e. The van der Waals surface area contributed by atoms with Gasteiger partial charge in [0.15, 0.2) is 0 Å². The number of benzene rings is 1. The molecule has 0 radical (unpaired) electrons. The highest BCUT2D eigenvalue weighted by atomic mass is 35.5. The van der Waals surface area contributed by atoms with Crippen LogP contribution in [0.4, 0.5) is 0 Å². The van der Waals surface area contributed by atoms with Crippen LogP contribution in [0, 0.1) is 11.8 Å². The lowest BCUT2D eigenvalue weighted by Crippen LogP contribution is -2.53. The second-order valence-corrected chi connectivity index (χ2v) is 12.6. The number of nitrogens with zero attached hydrogens (tertiary/aromatic N) is 4. The number of likely N-dealkylation sites (tertiary alicyclic amines) is 1. The first-order valence-corrected chi connectivity index (χ1v) is 15.6. The van der Waals surface area contributed by atoms with Gasteiger partial charge >= 0.3 is 5.69 Å². The number of nitrogens with one attached hydrogen (secondary N) is 2. The normalized spacial score (nSPS) is 22.8. The van der Waals surface area contributed by atoms with Crippen LogP contribution in [-0.4, -0.2) is 84.2 Å². The van der Waals surface area contributed by atoms with Gasteiger partial charge in [-0.05, 0) is 77.3 Å². The van der Waals surface area contributed by atoms with Gasteiger partial charge in [-0.25, -0.2) is 4.79 Å². The third kappa shape index (κ3) is 9.12. The Balaban J connectivity index is 0.00000205. The topological polar surface area (TPSA) is 74.5 Å². The van der Waals surface area contributed by atoms with Crippen LogP contribution in [0.15, 0.2) is 29.1 Å². The predicted octanol–water partition coefficient (Wildman–Crippen LogP) is 4.72. The maximum atomic E-state index is 14.0. The first-order chi connectivity index (χ1) is 19.0. The summed E-state index contributed by atoms with van der Waals surface area (Å²) in [5.41, 5.74) is 1.95. The van der Waals surface area contributed by atoms with Crippen LogP contribution in [-0.2, 0) is 11.3 Å². The molecule has 2 saturated heterocycles. The fourth-order valence-electron chi connectivity index (χ4n) is 7.17. The third-order valence-electron chi connectivity index (χ3n) is 9.40. The van der Waals surface area contributed by atoms with Crippen molar-refractivity contribution >= 4 is 54.2 Å². The fraction of sp³-hybridized carbons (Fsp3) is 0.742. The number of hydrogen-bond acceptors (Lipinski definition) is 5. The molecule has 2 aliphatic heterocycles. The standard InChI is InChI=1S/C31H50N6O2.3ClH/c1-34(2)20-21-36-28-12-8-9-13-29(28)37(31(36)39)27-16-19-35(22-24-10-6-4-3-5-7-11-24)23-26(27)30(38)33-25-14-17-32-18-15-25;;;/h8-9,12-13,24-27,32H,3-7,10-11,14-23H2,1-2H3,(H,33,38);3*1H/t26-,27-;;;/m0.../s1. The fourth-order valence-corrected chi connectivity index (χ4v) is 7.17. The SMILES string of the molecule is CN(C)CCn1c(=O)n([C@H]2CCN(CC3CCCCCCC3)C[C@@H]2C(=O)NC2CCNCC2)c2ccccc21.Cl.Cl.Cl. The van der Waals surface area contributed by atoms with E-state index in [-0.39, 0.29) is 66.8 Å². The number of rotatable bonds is 8. The summed E-state index contributed by atoms with van der Waals surface area (Å²) in [6.07, 6.45) is 12.2. The zero-order valence-electron chi connectivity index (χ0n) is 25.5. The van der Waals surface area contributed by atoms with E-state index >= 15 is 0 Å². The van der Waals surface area contributed by atoms with Crippen molar-refractivity contribution in [3.05, 3.63) is 34.7 Å². The molecule has 0 unspecified atom stereocenters. The molecule has 1 aromatic heterocycles. The van der Waals surface area contributed by atoms with Gasteiger partial charge in [0.1, 0.15) is 0 Å². The predicted molar refractivity (Wildman–Crippen MR) is 180 cm³/mol. The van der Waals surface area contributed by atoms with E-state index in [1.54, 1.807) is 0 Å². The van der Waals surface area contributed by atoms with E-state index in [2.05, 4.69) is 32.6 Å². The Morgan fingerprint density at radius 2 is 1.57 bits per heavy atom. The molecular weight excluding hydrogens is 595 g/mol. The molecule has 0 bridgehead atoms. The second kappa shape index (κ2) is 17.9. The van der Waals surface area contributed by atoms with E-state index in [1.807, 2.05) is 35.4 Å². The number of para-hydroxylation sites is 2. The molecule has 2 aromatic rings. The lowest BCUT2D eigenvalue weighted by molar-refractivity contribution is -0.129. The minimum Gasteiger partial charge on any atom is -0.353 e. The van der Waals surface area contributed by atoms with Gasteiger partial charge in [-0.15, -0.1) is 37.2 Å². The van der Waals surface area contributed by atoms with E-state index in [9.17, 15) is 9.59 Å². The second-order valence-electron chi connectivity index (χ2n) is 12.6. The van der Waals surface area contributed by atoms with Crippen LogP contribution in [0.25, 0.3) is 11.0 Å². The molecule has 11 heteroatoms. The van der Waals surface area contributed by atoms with Gasteiger partial charge in [-0.3, -0.25) is 13.9 Å². The minimum atomic E-state index is -0.229. The Morgan fingerprint density at radius 3 is 2.24 bits per heavy atom. The van der Waals surface area contributed by atoms with Crippen LogP contribution in [0.1, 0.15) is 70.3 Å². The highest BCUT2D eigenvalue weighted by molar-refractivity contribution is 5.86. The third-order valence-corrected chi connectivity index (χ3v) is 9.40. The Labute approximate surface area is 270 Å². The molecule has 1 aliphatic carbocycles. The Hall–Kier alpha value is -1.29. The number of hydrogen-bond donors (Lipinski definition) is 2. The summed E-state index contributed by atoms with van der Waals surface area (Å²) in [5, 5.41) is 6.81. The summed E-state index contributed by atoms with van der Waals surface area (Å²) in [5.74, 6) is 0.630. The van der Waals surface area contributed by atoms with Gasteiger partial charge in [-0.2, -0.15) is 0 Å². The Kier molecular flexibility index (Phi) is 15.7. The molecule has 42 heavy (non-hydrogen) atoms. The lowest BCUT2D eigenvalue weighted by Gasteiger charge is -2.40. The van der Waals surface area contributed by atoms with E-state index < -0.39 is 0 Å². The number of carbonyl (C=O) groups excluding carboxylic acids is 1. The summed E-state index contributed by atoms with van der Waals surface area (Å²) in [6.45, 7) is 6.11. The van der Waals surface area contributed by atoms with Crippen molar-refractivity contribution in [1.82, 2.24) is 29.6 Å². The molecule has 2 atom stereocenters. The maximum absolute atomic E-state index is 14.0. The minimum absolute atomic E-state index is 0. The van der Waals surface area contributed by atoms with Crippen molar-refractivity contribution in [2.75, 3.05) is 53.4 Å². The highest BCUT2D eigenvalue weighted by Gasteiger charge is 2.38. The van der Waals surface area contributed by atoms with Gasteiger partial charge in [0.25, 0.3) is 0 Å². The molecule has 3 heterocycles. The van der Waals surface area contributed by atoms with E-state index in [0.29, 0.717) is 6.54 Å². The number of amides is 1. The molecule has 1 saturated carbocycles. The van der Waals surface area contributed by atoms with Crippen LogP contribution >= 0.6 is 37.2 Å². The number of piperidine rings is 2. The Morgan fingerprint density at radius 1 is 0.929 bits per heavy atom. The molecule has 1 amide bonds. The van der Waals surface area contributed by atoms with Gasteiger partial charge in [0.05, 0.1) is 23.0 Å². The van der Waals surface area contributed by atoms with Crippen molar-refractivity contribution < 1.29 is 4.79 Å². The molecule has 3 aliphatic rings. The van der Waals surface area contributed by atoms with Gasteiger partial charge in [0.2, 0.25) is 5.91 Å². The zero-order valence-corrected chi connectivity index (χ0v) is 27.9. The number of likely N-dealkylation sites (N-methyl/N-ethyl adjacent to an activating group) is 1. The molecule has 3 fully saturated rings. The van der Waals surface area contributed by atoms with E-state index in [4.69, 9.17) is 0 Å². The number of fused-ring (bicyclic) bond motifs is 1.